The predicted molar refractivity (Wildman–Crippen MR) is 75.0 cm³/mol. The van der Waals surface area contributed by atoms with E-state index in [1.165, 1.54) is 0 Å². The Balaban J connectivity index is 2.01. The maximum Gasteiger partial charge on any atom is 0.253 e. The Morgan fingerprint density at radius 1 is 1.16 bits per heavy atom. The second kappa shape index (κ2) is 6.85. The van der Waals surface area contributed by atoms with E-state index in [1.807, 2.05) is 24.3 Å². The quantitative estimate of drug-likeness (QED) is 0.780. The van der Waals surface area contributed by atoms with Crippen molar-refractivity contribution in [2.45, 2.75) is 19.3 Å². The van der Waals surface area contributed by atoms with Crippen molar-refractivity contribution in [2.24, 2.45) is 0 Å². The summed E-state index contributed by atoms with van der Waals surface area (Å²) in [5.74, 6) is -0.0895. The largest absolute Gasteiger partial charge is 0.396 e. The molecule has 1 aromatic carbocycles. The lowest BCUT2D eigenvalue weighted by atomic mass is 10.1. The number of carbonyl (C=O) groups excluding carboxylic acids is 1. The van der Waals surface area contributed by atoms with Crippen molar-refractivity contribution in [3.05, 3.63) is 42.1 Å². The molecule has 0 aliphatic carbocycles. The van der Waals surface area contributed by atoms with Gasteiger partial charge >= 0.3 is 0 Å². The van der Waals surface area contributed by atoms with Crippen molar-refractivity contribution in [1.82, 2.24) is 10.3 Å². The molecule has 100 valence electrons. The molecule has 2 aromatic rings. The van der Waals surface area contributed by atoms with Gasteiger partial charge in [0.2, 0.25) is 0 Å². The summed E-state index contributed by atoms with van der Waals surface area (Å²) >= 11 is 0. The van der Waals surface area contributed by atoms with Crippen LogP contribution in [-0.2, 0) is 0 Å². The summed E-state index contributed by atoms with van der Waals surface area (Å²) in [6.45, 7) is 0.837. The lowest BCUT2D eigenvalue weighted by Crippen LogP contribution is -2.24. The van der Waals surface area contributed by atoms with E-state index in [9.17, 15) is 4.79 Å². The molecule has 1 amide bonds. The van der Waals surface area contributed by atoms with Crippen LogP contribution in [0.1, 0.15) is 29.6 Å². The van der Waals surface area contributed by atoms with Gasteiger partial charge in [0.1, 0.15) is 0 Å². The Morgan fingerprint density at radius 3 is 2.84 bits per heavy atom. The molecule has 0 spiro atoms. The number of rotatable bonds is 6. The van der Waals surface area contributed by atoms with Crippen molar-refractivity contribution in [3.63, 3.8) is 0 Å². The second-order valence-electron chi connectivity index (χ2n) is 4.42. The van der Waals surface area contributed by atoms with Crippen molar-refractivity contribution >= 4 is 16.8 Å². The van der Waals surface area contributed by atoms with E-state index in [2.05, 4.69) is 10.3 Å². The Labute approximate surface area is 112 Å². The monoisotopic (exact) mass is 258 g/mol. The Kier molecular flexibility index (Phi) is 4.86. The van der Waals surface area contributed by atoms with E-state index in [-0.39, 0.29) is 12.5 Å². The zero-order chi connectivity index (χ0) is 13.5. The van der Waals surface area contributed by atoms with Crippen molar-refractivity contribution < 1.29 is 9.90 Å². The van der Waals surface area contributed by atoms with Crippen LogP contribution in [0.25, 0.3) is 10.9 Å². The Bertz CT molecular complexity index is 549. The zero-order valence-corrected chi connectivity index (χ0v) is 10.8. The number of hydrogen-bond donors (Lipinski definition) is 2. The molecule has 0 unspecified atom stereocenters. The minimum atomic E-state index is -0.0895. The lowest BCUT2D eigenvalue weighted by Gasteiger charge is -2.07. The number of amides is 1. The van der Waals surface area contributed by atoms with Crippen LogP contribution in [0.2, 0.25) is 0 Å². The summed E-state index contributed by atoms with van der Waals surface area (Å²) < 4.78 is 0. The van der Waals surface area contributed by atoms with Crippen LogP contribution in [0.15, 0.2) is 36.5 Å². The van der Waals surface area contributed by atoms with Gasteiger partial charge in [0, 0.05) is 24.7 Å². The molecule has 0 aliphatic rings. The molecule has 4 nitrogen and oxygen atoms in total. The summed E-state index contributed by atoms with van der Waals surface area (Å²) in [4.78, 5) is 16.4. The van der Waals surface area contributed by atoms with Gasteiger partial charge in [0.25, 0.3) is 5.91 Å². The molecule has 0 radical (unpaired) electrons. The normalized spacial score (nSPS) is 10.6. The SMILES string of the molecule is O=C(NCCCCCO)c1cccc2cccnc12. The maximum absolute atomic E-state index is 12.1. The van der Waals surface area contributed by atoms with E-state index in [4.69, 9.17) is 5.11 Å². The van der Waals surface area contributed by atoms with Crippen LogP contribution in [0.4, 0.5) is 0 Å². The zero-order valence-electron chi connectivity index (χ0n) is 10.8. The third-order valence-corrected chi connectivity index (χ3v) is 3.00. The number of benzene rings is 1. The fourth-order valence-electron chi connectivity index (χ4n) is 2.00. The average molecular weight is 258 g/mol. The van der Waals surface area contributed by atoms with E-state index >= 15 is 0 Å². The highest BCUT2D eigenvalue weighted by molar-refractivity contribution is 6.05. The standard InChI is InChI=1S/C15H18N2O2/c18-11-3-1-2-9-17-15(19)13-8-4-6-12-7-5-10-16-14(12)13/h4-8,10,18H,1-3,9,11H2,(H,17,19). The molecule has 19 heavy (non-hydrogen) atoms. The number of hydrogen-bond acceptors (Lipinski definition) is 3. The molecule has 2 N–H and O–H groups in total. The van der Waals surface area contributed by atoms with Crippen LogP contribution in [0.5, 0.6) is 0 Å². The summed E-state index contributed by atoms with van der Waals surface area (Å²) in [6.07, 6.45) is 4.28. The van der Waals surface area contributed by atoms with Crippen molar-refractivity contribution in [1.29, 1.82) is 0 Å². The molecule has 0 fully saturated rings. The molecular formula is C15H18N2O2. The molecule has 0 aliphatic heterocycles. The third kappa shape index (κ3) is 3.51. The predicted octanol–water partition coefficient (Wildman–Crippen LogP) is 2.13. The third-order valence-electron chi connectivity index (χ3n) is 3.00. The molecule has 2 rings (SSSR count). The van der Waals surface area contributed by atoms with Gasteiger partial charge in [-0.25, -0.2) is 0 Å². The van der Waals surface area contributed by atoms with Gasteiger partial charge < -0.3 is 10.4 Å². The first-order valence-electron chi connectivity index (χ1n) is 6.56. The first kappa shape index (κ1) is 13.5. The number of nitrogens with one attached hydrogen (secondary N) is 1. The number of aliphatic hydroxyl groups excluding tert-OH is 1. The number of aromatic nitrogens is 1. The number of aliphatic hydroxyl groups is 1. The van der Waals surface area contributed by atoms with Gasteiger partial charge in [0.15, 0.2) is 0 Å². The number of unbranched alkanes of at least 4 members (excludes halogenated alkanes) is 2. The summed E-state index contributed by atoms with van der Waals surface area (Å²) in [7, 11) is 0. The van der Waals surface area contributed by atoms with E-state index in [0.717, 1.165) is 30.2 Å². The fourth-order valence-corrected chi connectivity index (χ4v) is 2.00. The fraction of sp³-hybridized carbons (Fsp3) is 0.333. The topological polar surface area (TPSA) is 62.2 Å². The average Bonchev–Trinajstić information content (AvgIpc) is 2.46. The summed E-state index contributed by atoms with van der Waals surface area (Å²) in [5.41, 5.74) is 1.35. The number of pyridine rings is 1. The van der Waals surface area contributed by atoms with E-state index < -0.39 is 0 Å². The van der Waals surface area contributed by atoms with Gasteiger partial charge in [-0.05, 0) is 31.4 Å². The Hall–Kier alpha value is -1.94. The van der Waals surface area contributed by atoms with Crippen molar-refractivity contribution in [2.75, 3.05) is 13.2 Å². The van der Waals surface area contributed by atoms with Gasteiger partial charge in [-0.3, -0.25) is 9.78 Å². The maximum atomic E-state index is 12.1. The molecule has 1 heterocycles. The van der Waals surface area contributed by atoms with Crippen LogP contribution >= 0.6 is 0 Å². The van der Waals surface area contributed by atoms with Crippen LogP contribution < -0.4 is 5.32 Å². The number of nitrogens with zero attached hydrogens (tertiary/aromatic N) is 1. The van der Waals surface area contributed by atoms with Gasteiger partial charge in [-0.2, -0.15) is 0 Å². The van der Waals surface area contributed by atoms with Gasteiger partial charge in [-0.1, -0.05) is 18.2 Å². The summed E-state index contributed by atoms with van der Waals surface area (Å²) in [5, 5.41) is 12.5. The smallest absolute Gasteiger partial charge is 0.253 e. The minimum absolute atomic E-state index is 0.0895. The number of carbonyl (C=O) groups is 1. The molecule has 0 bridgehead atoms. The second-order valence-corrected chi connectivity index (χ2v) is 4.42. The highest BCUT2D eigenvalue weighted by atomic mass is 16.2. The first-order chi connectivity index (χ1) is 9.33. The number of para-hydroxylation sites is 1. The molecular weight excluding hydrogens is 240 g/mol. The summed E-state index contributed by atoms with van der Waals surface area (Å²) in [6, 6.07) is 9.41. The van der Waals surface area contributed by atoms with Gasteiger partial charge in [0.05, 0.1) is 11.1 Å². The van der Waals surface area contributed by atoms with E-state index in [1.54, 1.807) is 12.3 Å². The number of fused-ring (bicyclic) bond motifs is 1. The first-order valence-corrected chi connectivity index (χ1v) is 6.56. The van der Waals surface area contributed by atoms with Crippen molar-refractivity contribution in [3.8, 4) is 0 Å². The molecule has 4 heteroatoms. The highest BCUT2D eigenvalue weighted by Gasteiger charge is 2.09. The highest BCUT2D eigenvalue weighted by Crippen LogP contribution is 2.15. The minimum Gasteiger partial charge on any atom is -0.396 e. The Morgan fingerprint density at radius 2 is 2.00 bits per heavy atom. The molecule has 0 atom stereocenters. The van der Waals surface area contributed by atoms with Crippen LogP contribution in [0, 0.1) is 0 Å². The molecule has 0 saturated carbocycles. The molecule has 1 aromatic heterocycles. The van der Waals surface area contributed by atoms with Gasteiger partial charge in [-0.15, -0.1) is 0 Å². The molecule has 0 saturated heterocycles. The lowest BCUT2D eigenvalue weighted by molar-refractivity contribution is 0.0954. The van der Waals surface area contributed by atoms with Crippen LogP contribution in [0.3, 0.4) is 0 Å². The van der Waals surface area contributed by atoms with Crippen LogP contribution in [-0.4, -0.2) is 29.1 Å². The van der Waals surface area contributed by atoms with E-state index in [0.29, 0.717) is 12.1 Å².